The summed E-state index contributed by atoms with van der Waals surface area (Å²) >= 11 is 0. The number of amides is 1. The van der Waals surface area contributed by atoms with Crippen molar-refractivity contribution in [1.29, 1.82) is 0 Å². The molecular weight excluding hydrogens is 252 g/mol. The van der Waals surface area contributed by atoms with Crippen molar-refractivity contribution < 1.29 is 9.53 Å². The first-order valence-electron chi connectivity index (χ1n) is 7.30. The van der Waals surface area contributed by atoms with Crippen molar-refractivity contribution in [2.24, 2.45) is 0 Å². The highest BCUT2D eigenvalue weighted by atomic mass is 16.5. The molecule has 0 bridgehead atoms. The summed E-state index contributed by atoms with van der Waals surface area (Å²) in [6, 6.07) is 8.22. The molecule has 0 saturated carbocycles. The Bertz CT molecular complexity index is 460. The van der Waals surface area contributed by atoms with Crippen molar-refractivity contribution in [2.75, 3.05) is 25.1 Å². The van der Waals surface area contributed by atoms with Gasteiger partial charge in [-0.15, -0.1) is 0 Å². The van der Waals surface area contributed by atoms with Gasteiger partial charge in [0.2, 0.25) is 5.91 Å². The van der Waals surface area contributed by atoms with Gasteiger partial charge >= 0.3 is 0 Å². The van der Waals surface area contributed by atoms with E-state index in [1.807, 2.05) is 39.1 Å². The van der Waals surface area contributed by atoms with Crippen LogP contribution < -0.4 is 10.2 Å². The molecule has 1 aliphatic rings. The molecule has 4 heteroatoms. The number of anilines is 1. The first kappa shape index (κ1) is 15.0. The van der Waals surface area contributed by atoms with E-state index in [0.29, 0.717) is 6.42 Å². The Labute approximate surface area is 121 Å². The quantitative estimate of drug-likeness (QED) is 0.812. The van der Waals surface area contributed by atoms with Crippen LogP contribution in [0, 0.1) is 0 Å². The largest absolute Gasteiger partial charge is 0.379 e. The van der Waals surface area contributed by atoms with Crippen molar-refractivity contribution >= 4 is 11.6 Å². The molecule has 0 radical (unpaired) electrons. The number of para-hydroxylation sites is 1. The molecule has 110 valence electrons. The minimum absolute atomic E-state index is 0.119. The molecule has 0 fully saturated rings. The highest BCUT2D eigenvalue weighted by Crippen LogP contribution is 2.33. The van der Waals surface area contributed by atoms with Gasteiger partial charge in [-0.3, -0.25) is 4.79 Å². The molecule has 1 heterocycles. The van der Waals surface area contributed by atoms with Crippen LogP contribution in [0.1, 0.15) is 38.3 Å². The fourth-order valence-corrected chi connectivity index (χ4v) is 2.49. The number of carbonyl (C=O) groups is 1. The second-order valence-electron chi connectivity index (χ2n) is 5.50. The van der Waals surface area contributed by atoms with Crippen molar-refractivity contribution in [3.63, 3.8) is 0 Å². The first-order valence-corrected chi connectivity index (χ1v) is 7.30. The third-order valence-corrected chi connectivity index (χ3v) is 3.59. The normalized spacial score (nSPS) is 18.5. The van der Waals surface area contributed by atoms with E-state index in [4.69, 9.17) is 4.74 Å². The van der Waals surface area contributed by atoms with Crippen LogP contribution in [0.2, 0.25) is 0 Å². The van der Waals surface area contributed by atoms with Gasteiger partial charge in [0, 0.05) is 31.8 Å². The van der Waals surface area contributed by atoms with Crippen molar-refractivity contribution in [3.05, 3.63) is 29.8 Å². The number of hydrogen-bond acceptors (Lipinski definition) is 3. The highest BCUT2D eigenvalue weighted by molar-refractivity contribution is 5.96. The zero-order chi connectivity index (χ0) is 14.5. The minimum atomic E-state index is 0.119. The average Bonchev–Trinajstić information content (AvgIpc) is 2.43. The maximum Gasteiger partial charge on any atom is 0.228 e. The molecule has 1 amide bonds. The lowest BCUT2D eigenvalue weighted by atomic mass is 9.96. The number of benzene rings is 1. The van der Waals surface area contributed by atoms with Crippen LogP contribution in [-0.4, -0.2) is 32.2 Å². The third-order valence-electron chi connectivity index (χ3n) is 3.59. The summed E-state index contributed by atoms with van der Waals surface area (Å²) in [5.41, 5.74) is 2.22. The van der Waals surface area contributed by atoms with Crippen LogP contribution in [0.25, 0.3) is 0 Å². The van der Waals surface area contributed by atoms with Gasteiger partial charge in [-0.2, -0.15) is 0 Å². The fourth-order valence-electron chi connectivity index (χ4n) is 2.49. The Kier molecular flexibility index (Phi) is 5.15. The second kappa shape index (κ2) is 6.86. The van der Waals surface area contributed by atoms with Crippen molar-refractivity contribution in [2.45, 2.75) is 38.8 Å². The Morgan fingerprint density at radius 3 is 2.90 bits per heavy atom. The van der Waals surface area contributed by atoms with Crippen LogP contribution in [0.4, 0.5) is 5.69 Å². The van der Waals surface area contributed by atoms with E-state index in [9.17, 15) is 4.79 Å². The molecule has 1 aromatic rings. The van der Waals surface area contributed by atoms with E-state index in [0.717, 1.165) is 25.3 Å². The SMILES string of the molecule is CC(C)OCCCNC1CC(=O)N(C)c2ccccc21. The summed E-state index contributed by atoms with van der Waals surface area (Å²) in [7, 11) is 1.84. The molecular formula is C16H24N2O2. The van der Waals surface area contributed by atoms with Crippen LogP contribution in [0.3, 0.4) is 0 Å². The first-order chi connectivity index (χ1) is 9.59. The summed E-state index contributed by atoms with van der Waals surface area (Å²) in [5, 5.41) is 3.47. The second-order valence-corrected chi connectivity index (χ2v) is 5.50. The molecule has 0 saturated heterocycles. The molecule has 0 aromatic heterocycles. The number of hydrogen-bond donors (Lipinski definition) is 1. The van der Waals surface area contributed by atoms with Gasteiger partial charge in [-0.05, 0) is 38.4 Å². The molecule has 1 aromatic carbocycles. The summed E-state index contributed by atoms with van der Waals surface area (Å²) in [6.45, 7) is 5.70. The van der Waals surface area contributed by atoms with Gasteiger partial charge in [0.05, 0.1) is 6.10 Å². The molecule has 0 spiro atoms. The third kappa shape index (κ3) is 3.58. The maximum absolute atomic E-state index is 12.0. The predicted octanol–water partition coefficient (Wildman–Crippen LogP) is 2.50. The molecule has 4 nitrogen and oxygen atoms in total. The van der Waals surface area contributed by atoms with E-state index in [2.05, 4.69) is 11.4 Å². The summed E-state index contributed by atoms with van der Waals surface area (Å²) in [4.78, 5) is 13.8. The monoisotopic (exact) mass is 276 g/mol. The maximum atomic E-state index is 12.0. The number of rotatable bonds is 6. The lowest BCUT2D eigenvalue weighted by Gasteiger charge is -2.32. The van der Waals surface area contributed by atoms with Gasteiger partial charge < -0.3 is 15.0 Å². The smallest absolute Gasteiger partial charge is 0.228 e. The summed E-state index contributed by atoms with van der Waals surface area (Å²) < 4.78 is 5.52. The standard InChI is InChI=1S/C16H24N2O2/c1-12(2)20-10-6-9-17-14-11-16(19)18(3)15-8-5-4-7-13(14)15/h4-5,7-8,12,14,17H,6,9-11H2,1-3H3. The molecule has 1 N–H and O–H groups in total. The molecule has 1 aliphatic heterocycles. The lowest BCUT2D eigenvalue weighted by Crippen LogP contribution is -2.38. The molecule has 2 rings (SSSR count). The Hall–Kier alpha value is -1.39. The number of nitrogens with zero attached hydrogens (tertiary/aromatic N) is 1. The number of fused-ring (bicyclic) bond motifs is 1. The predicted molar refractivity (Wildman–Crippen MR) is 80.9 cm³/mol. The lowest BCUT2D eigenvalue weighted by molar-refractivity contribution is -0.119. The average molecular weight is 276 g/mol. The zero-order valence-corrected chi connectivity index (χ0v) is 12.6. The van der Waals surface area contributed by atoms with E-state index < -0.39 is 0 Å². The Morgan fingerprint density at radius 2 is 2.15 bits per heavy atom. The van der Waals surface area contributed by atoms with Crippen molar-refractivity contribution in [1.82, 2.24) is 5.32 Å². The van der Waals surface area contributed by atoms with Crippen LogP contribution in [0.5, 0.6) is 0 Å². The highest BCUT2D eigenvalue weighted by Gasteiger charge is 2.28. The zero-order valence-electron chi connectivity index (χ0n) is 12.6. The Balaban J connectivity index is 1.92. The van der Waals surface area contributed by atoms with Crippen LogP contribution in [-0.2, 0) is 9.53 Å². The van der Waals surface area contributed by atoms with E-state index in [1.54, 1.807) is 4.90 Å². The van der Waals surface area contributed by atoms with Gasteiger partial charge in [0.25, 0.3) is 0 Å². The summed E-state index contributed by atoms with van der Waals surface area (Å²) in [5.74, 6) is 0.166. The topological polar surface area (TPSA) is 41.6 Å². The number of ether oxygens (including phenoxy) is 1. The van der Waals surface area contributed by atoms with Crippen LogP contribution in [0.15, 0.2) is 24.3 Å². The van der Waals surface area contributed by atoms with Gasteiger partial charge in [-0.25, -0.2) is 0 Å². The van der Waals surface area contributed by atoms with Crippen molar-refractivity contribution in [3.8, 4) is 0 Å². The minimum Gasteiger partial charge on any atom is -0.379 e. The Morgan fingerprint density at radius 1 is 1.40 bits per heavy atom. The fraction of sp³-hybridized carbons (Fsp3) is 0.562. The van der Waals surface area contributed by atoms with Crippen LogP contribution >= 0.6 is 0 Å². The van der Waals surface area contributed by atoms with Gasteiger partial charge in [-0.1, -0.05) is 18.2 Å². The van der Waals surface area contributed by atoms with E-state index in [1.165, 1.54) is 5.56 Å². The number of nitrogens with one attached hydrogen (secondary N) is 1. The number of carbonyl (C=O) groups excluding carboxylic acids is 1. The van der Waals surface area contributed by atoms with E-state index in [-0.39, 0.29) is 18.1 Å². The molecule has 20 heavy (non-hydrogen) atoms. The van der Waals surface area contributed by atoms with E-state index >= 15 is 0 Å². The molecule has 0 aliphatic carbocycles. The van der Waals surface area contributed by atoms with Gasteiger partial charge in [0.1, 0.15) is 0 Å². The molecule has 1 atom stereocenters. The summed E-state index contributed by atoms with van der Waals surface area (Å²) in [6.07, 6.45) is 1.76. The molecule has 1 unspecified atom stereocenters. The van der Waals surface area contributed by atoms with Gasteiger partial charge in [0.15, 0.2) is 0 Å².